The van der Waals surface area contributed by atoms with Crippen LogP contribution in [0.3, 0.4) is 0 Å². The number of rotatable bonds is 6. The van der Waals surface area contributed by atoms with Gasteiger partial charge in [0.2, 0.25) is 0 Å². The Balaban J connectivity index is 2.42. The van der Waals surface area contributed by atoms with Crippen LogP contribution in [0.25, 0.3) is 0 Å². The first-order valence-electron chi connectivity index (χ1n) is 6.91. The van der Waals surface area contributed by atoms with E-state index in [4.69, 9.17) is 16.3 Å². The Labute approximate surface area is 144 Å². The van der Waals surface area contributed by atoms with E-state index >= 15 is 0 Å². The van der Waals surface area contributed by atoms with Crippen LogP contribution in [0.5, 0.6) is 5.75 Å². The molecule has 3 nitrogen and oxygen atoms in total. The molecule has 0 aliphatic carbocycles. The van der Waals surface area contributed by atoms with Gasteiger partial charge in [-0.15, -0.1) is 0 Å². The topological polar surface area (TPSA) is 34.2 Å². The first-order chi connectivity index (χ1) is 10.2. The highest BCUT2D eigenvalue weighted by Crippen LogP contribution is 2.29. The molecule has 0 saturated carbocycles. The molecule has 0 amide bonds. The average molecular weight is 417 g/mol. The van der Waals surface area contributed by atoms with Crippen molar-refractivity contribution >= 4 is 34.2 Å². The van der Waals surface area contributed by atoms with Crippen LogP contribution in [0.2, 0.25) is 5.02 Å². The average Bonchev–Trinajstić information content (AvgIpc) is 2.48. The maximum absolute atomic E-state index is 6.16. The van der Waals surface area contributed by atoms with Gasteiger partial charge in [0.15, 0.2) is 0 Å². The number of nitrogens with one attached hydrogen (secondary N) is 1. The van der Waals surface area contributed by atoms with E-state index in [-0.39, 0.29) is 6.04 Å². The van der Waals surface area contributed by atoms with E-state index in [0.717, 1.165) is 28.4 Å². The second-order valence-corrected chi connectivity index (χ2v) is 6.14. The van der Waals surface area contributed by atoms with Gasteiger partial charge in [0, 0.05) is 14.8 Å². The summed E-state index contributed by atoms with van der Waals surface area (Å²) < 4.78 is 6.72. The highest BCUT2D eigenvalue weighted by atomic mass is 127. The van der Waals surface area contributed by atoms with Gasteiger partial charge < -0.3 is 10.1 Å². The van der Waals surface area contributed by atoms with Crippen LogP contribution in [-0.2, 0) is 0 Å². The predicted molar refractivity (Wildman–Crippen MR) is 95.1 cm³/mol. The summed E-state index contributed by atoms with van der Waals surface area (Å²) in [5, 5.41) is 4.23. The van der Waals surface area contributed by atoms with Crippen molar-refractivity contribution in [3.63, 3.8) is 0 Å². The lowest BCUT2D eigenvalue weighted by molar-refractivity contribution is 0.338. The van der Waals surface area contributed by atoms with Gasteiger partial charge in [0.05, 0.1) is 18.8 Å². The fourth-order valence-electron chi connectivity index (χ4n) is 2.19. The Morgan fingerprint density at radius 1 is 1.29 bits per heavy atom. The molecule has 1 heterocycles. The van der Waals surface area contributed by atoms with Crippen LogP contribution in [0.1, 0.15) is 31.0 Å². The quantitative estimate of drug-likeness (QED) is 0.707. The molecule has 0 spiro atoms. The molecule has 0 radical (unpaired) electrons. The summed E-state index contributed by atoms with van der Waals surface area (Å²) >= 11 is 8.49. The molecule has 1 atom stereocenters. The van der Waals surface area contributed by atoms with E-state index in [9.17, 15) is 0 Å². The molecule has 0 aliphatic rings. The van der Waals surface area contributed by atoms with Gasteiger partial charge in [0.25, 0.3) is 0 Å². The second-order valence-electron chi connectivity index (χ2n) is 4.54. The number of pyridine rings is 1. The van der Waals surface area contributed by atoms with Gasteiger partial charge in [-0.2, -0.15) is 0 Å². The molecule has 2 rings (SSSR count). The van der Waals surface area contributed by atoms with E-state index < -0.39 is 0 Å². The summed E-state index contributed by atoms with van der Waals surface area (Å²) in [4.78, 5) is 4.28. The van der Waals surface area contributed by atoms with Crippen molar-refractivity contribution in [2.75, 3.05) is 13.2 Å². The van der Waals surface area contributed by atoms with E-state index in [1.54, 1.807) is 6.20 Å². The lowest BCUT2D eigenvalue weighted by Crippen LogP contribution is -2.23. The van der Waals surface area contributed by atoms with Gasteiger partial charge in [-0.25, -0.2) is 0 Å². The van der Waals surface area contributed by atoms with Crippen molar-refractivity contribution in [3.8, 4) is 5.75 Å². The molecule has 2 aromatic rings. The van der Waals surface area contributed by atoms with Crippen molar-refractivity contribution in [1.82, 2.24) is 10.3 Å². The van der Waals surface area contributed by atoms with Gasteiger partial charge in [-0.05, 0) is 71.5 Å². The van der Waals surface area contributed by atoms with Gasteiger partial charge in [0.1, 0.15) is 5.75 Å². The third kappa shape index (κ3) is 4.31. The SMILES string of the molecule is CCNC(c1cncc(OCC)c1)c1cc(Cl)ccc1I. The second kappa shape index (κ2) is 7.96. The number of ether oxygens (including phenoxy) is 1. The molecule has 112 valence electrons. The lowest BCUT2D eigenvalue weighted by Gasteiger charge is -2.21. The summed E-state index contributed by atoms with van der Waals surface area (Å²) in [5.41, 5.74) is 2.23. The monoisotopic (exact) mass is 416 g/mol. The van der Waals surface area contributed by atoms with Crippen LogP contribution in [0, 0.1) is 3.57 Å². The molecular formula is C16H18ClIN2O. The minimum Gasteiger partial charge on any atom is -0.492 e. The largest absolute Gasteiger partial charge is 0.492 e. The number of halogens is 2. The Bertz CT molecular complexity index is 607. The van der Waals surface area contributed by atoms with E-state index in [1.807, 2.05) is 37.4 Å². The fraction of sp³-hybridized carbons (Fsp3) is 0.312. The predicted octanol–water partition coefficient (Wildman–Crippen LogP) is 4.44. The van der Waals surface area contributed by atoms with Crippen LogP contribution in [-0.4, -0.2) is 18.1 Å². The summed E-state index contributed by atoms with van der Waals surface area (Å²) in [7, 11) is 0. The number of nitrogens with zero attached hydrogens (tertiary/aromatic N) is 1. The molecule has 0 saturated heterocycles. The van der Waals surface area contributed by atoms with Crippen LogP contribution in [0.15, 0.2) is 36.7 Å². The Kier molecular flexibility index (Phi) is 6.26. The number of benzene rings is 1. The van der Waals surface area contributed by atoms with Crippen molar-refractivity contribution in [2.45, 2.75) is 19.9 Å². The zero-order valence-electron chi connectivity index (χ0n) is 12.1. The van der Waals surface area contributed by atoms with Crippen molar-refractivity contribution in [3.05, 3.63) is 56.4 Å². The highest BCUT2D eigenvalue weighted by Gasteiger charge is 2.17. The molecule has 0 fully saturated rings. The van der Waals surface area contributed by atoms with Gasteiger partial charge in [-0.3, -0.25) is 4.98 Å². The number of hydrogen-bond acceptors (Lipinski definition) is 3. The first kappa shape index (κ1) is 16.5. The Morgan fingerprint density at radius 2 is 2.10 bits per heavy atom. The van der Waals surface area contributed by atoms with Crippen LogP contribution >= 0.6 is 34.2 Å². The van der Waals surface area contributed by atoms with Crippen molar-refractivity contribution in [1.29, 1.82) is 0 Å². The molecule has 21 heavy (non-hydrogen) atoms. The Hall–Kier alpha value is -0.850. The fourth-order valence-corrected chi connectivity index (χ4v) is 3.01. The smallest absolute Gasteiger partial charge is 0.137 e. The molecule has 1 unspecified atom stereocenters. The van der Waals surface area contributed by atoms with Gasteiger partial charge in [-0.1, -0.05) is 18.5 Å². The van der Waals surface area contributed by atoms with Crippen LogP contribution < -0.4 is 10.1 Å². The molecule has 0 aliphatic heterocycles. The summed E-state index contributed by atoms with van der Waals surface area (Å²) in [6.45, 7) is 5.54. The normalized spacial score (nSPS) is 12.2. The zero-order chi connectivity index (χ0) is 15.2. The molecule has 1 aromatic heterocycles. The highest BCUT2D eigenvalue weighted by molar-refractivity contribution is 14.1. The zero-order valence-corrected chi connectivity index (χ0v) is 15.0. The third-order valence-corrected chi connectivity index (χ3v) is 4.27. The molecule has 0 bridgehead atoms. The van der Waals surface area contributed by atoms with Crippen molar-refractivity contribution < 1.29 is 4.74 Å². The van der Waals surface area contributed by atoms with Crippen molar-refractivity contribution in [2.24, 2.45) is 0 Å². The third-order valence-electron chi connectivity index (χ3n) is 3.06. The number of hydrogen-bond donors (Lipinski definition) is 1. The number of aromatic nitrogens is 1. The molecule has 1 N–H and O–H groups in total. The maximum atomic E-state index is 6.16. The van der Waals surface area contributed by atoms with Gasteiger partial charge >= 0.3 is 0 Å². The maximum Gasteiger partial charge on any atom is 0.137 e. The molecule has 5 heteroatoms. The van der Waals surface area contributed by atoms with Crippen LogP contribution in [0.4, 0.5) is 0 Å². The Morgan fingerprint density at radius 3 is 2.81 bits per heavy atom. The lowest BCUT2D eigenvalue weighted by atomic mass is 10.00. The minimum absolute atomic E-state index is 0.0495. The minimum atomic E-state index is 0.0495. The molecule has 1 aromatic carbocycles. The van der Waals surface area contributed by atoms with E-state index in [0.29, 0.717) is 6.61 Å². The standard InChI is InChI=1S/C16H18ClIN2O/c1-3-20-16(14-8-12(17)5-6-15(14)18)11-7-13(21-4-2)10-19-9-11/h5-10,16,20H,3-4H2,1-2H3. The summed E-state index contributed by atoms with van der Waals surface area (Å²) in [5.74, 6) is 0.787. The first-order valence-corrected chi connectivity index (χ1v) is 8.37. The summed E-state index contributed by atoms with van der Waals surface area (Å²) in [6, 6.07) is 8.02. The van der Waals surface area contributed by atoms with E-state index in [1.165, 1.54) is 3.57 Å². The summed E-state index contributed by atoms with van der Waals surface area (Å²) in [6.07, 6.45) is 3.60. The molecular weight excluding hydrogens is 399 g/mol. The van der Waals surface area contributed by atoms with E-state index in [2.05, 4.69) is 39.8 Å².